The fourth-order valence-corrected chi connectivity index (χ4v) is 3.54. The van der Waals surface area contributed by atoms with E-state index in [1.54, 1.807) is 0 Å². The van der Waals surface area contributed by atoms with Crippen LogP contribution in [0, 0.1) is 5.41 Å². The summed E-state index contributed by atoms with van der Waals surface area (Å²) < 4.78 is 0. The van der Waals surface area contributed by atoms with Crippen LogP contribution in [0.15, 0.2) is 24.3 Å². The number of hydrogen-bond acceptors (Lipinski definition) is 5. The summed E-state index contributed by atoms with van der Waals surface area (Å²) >= 11 is 0. The van der Waals surface area contributed by atoms with Crippen molar-refractivity contribution in [1.82, 2.24) is 14.9 Å². The van der Waals surface area contributed by atoms with Crippen molar-refractivity contribution in [1.29, 1.82) is 0 Å². The molecule has 5 heteroatoms. The molecule has 1 saturated heterocycles. The summed E-state index contributed by atoms with van der Waals surface area (Å²) in [6, 6.07) is 8.32. The molecule has 0 radical (unpaired) electrons. The molecule has 3 rings (SSSR count). The second-order valence-corrected chi connectivity index (χ2v) is 7.84. The van der Waals surface area contributed by atoms with E-state index in [-0.39, 0.29) is 5.41 Å². The normalized spacial score (nSPS) is 15.5. The Bertz CT molecular complexity index is 689. The highest BCUT2D eigenvalue weighted by atomic mass is 15.2. The average Bonchev–Trinajstić information content (AvgIpc) is 3.05. The molecule has 1 N–H and O–H groups in total. The molecule has 0 atom stereocenters. The highest BCUT2D eigenvalue weighted by Crippen LogP contribution is 2.28. The van der Waals surface area contributed by atoms with Crippen molar-refractivity contribution in [3.05, 3.63) is 24.3 Å². The lowest BCUT2D eigenvalue weighted by molar-refractivity contribution is 0.254. The van der Waals surface area contributed by atoms with Gasteiger partial charge in [-0.25, -0.2) is 4.98 Å². The summed E-state index contributed by atoms with van der Waals surface area (Å²) in [6.45, 7) is 8.58. The van der Waals surface area contributed by atoms with Crippen LogP contribution in [0.3, 0.4) is 0 Å². The number of fused-ring (bicyclic) bond motifs is 1. The molecule has 1 fully saturated rings. The minimum absolute atomic E-state index is 0.159. The molecule has 2 heterocycles. The standard InChI is InChI=1S/C19H29N5/c1-19(2,14-23(3)4)13-20-18-21-16-10-6-5-9-15(16)17(22-18)24-11-7-8-12-24/h5-6,9-10H,7-8,11-14H2,1-4H3,(H,20,21,22). The lowest BCUT2D eigenvalue weighted by atomic mass is 9.93. The summed E-state index contributed by atoms with van der Waals surface area (Å²) in [5, 5.41) is 4.62. The Labute approximate surface area is 145 Å². The van der Waals surface area contributed by atoms with Crippen molar-refractivity contribution in [3.8, 4) is 0 Å². The molecule has 2 aromatic rings. The molecule has 24 heavy (non-hydrogen) atoms. The second-order valence-electron chi connectivity index (χ2n) is 7.84. The van der Waals surface area contributed by atoms with E-state index in [9.17, 15) is 0 Å². The van der Waals surface area contributed by atoms with Crippen LogP contribution in [0.1, 0.15) is 26.7 Å². The maximum absolute atomic E-state index is 4.86. The molecule has 5 nitrogen and oxygen atoms in total. The SMILES string of the molecule is CN(C)CC(C)(C)CNc1nc(N2CCCC2)c2ccccc2n1. The highest BCUT2D eigenvalue weighted by Gasteiger charge is 2.21. The fraction of sp³-hybridized carbons (Fsp3) is 0.579. The van der Waals surface area contributed by atoms with Crippen LogP contribution < -0.4 is 10.2 Å². The number of benzene rings is 1. The van der Waals surface area contributed by atoms with Crippen molar-refractivity contribution < 1.29 is 0 Å². The first-order valence-corrected chi connectivity index (χ1v) is 8.85. The average molecular weight is 327 g/mol. The third-order valence-electron chi connectivity index (χ3n) is 4.46. The maximum atomic E-state index is 4.86. The number of aromatic nitrogens is 2. The highest BCUT2D eigenvalue weighted by molar-refractivity contribution is 5.90. The predicted octanol–water partition coefficient (Wildman–Crippen LogP) is 3.23. The minimum Gasteiger partial charge on any atom is -0.356 e. The Balaban J connectivity index is 1.86. The van der Waals surface area contributed by atoms with E-state index in [0.717, 1.165) is 48.8 Å². The summed E-state index contributed by atoms with van der Waals surface area (Å²) in [5.74, 6) is 1.81. The van der Waals surface area contributed by atoms with Crippen LogP contribution >= 0.6 is 0 Å². The molecule has 0 saturated carbocycles. The molecule has 0 aliphatic carbocycles. The first kappa shape index (κ1) is 17.0. The molecule has 1 aromatic carbocycles. The zero-order chi connectivity index (χ0) is 17.2. The zero-order valence-corrected chi connectivity index (χ0v) is 15.3. The molecule has 130 valence electrons. The molecule has 0 amide bonds. The van der Waals surface area contributed by atoms with Gasteiger partial charge in [0.15, 0.2) is 0 Å². The van der Waals surface area contributed by atoms with Gasteiger partial charge in [0.05, 0.1) is 5.52 Å². The van der Waals surface area contributed by atoms with Crippen molar-refractivity contribution in [2.45, 2.75) is 26.7 Å². The Kier molecular flexibility index (Phi) is 4.90. The molecule has 1 aliphatic heterocycles. The van der Waals surface area contributed by atoms with Crippen LogP contribution in [-0.2, 0) is 0 Å². The summed E-state index contributed by atoms with van der Waals surface area (Å²) in [4.78, 5) is 14.2. The van der Waals surface area contributed by atoms with Crippen LogP contribution in [0.5, 0.6) is 0 Å². The van der Waals surface area contributed by atoms with E-state index < -0.39 is 0 Å². The van der Waals surface area contributed by atoms with Gasteiger partial charge in [0.2, 0.25) is 5.95 Å². The van der Waals surface area contributed by atoms with Crippen LogP contribution in [0.2, 0.25) is 0 Å². The van der Waals surface area contributed by atoms with Crippen LogP contribution in [0.4, 0.5) is 11.8 Å². The van der Waals surface area contributed by atoms with Gasteiger partial charge < -0.3 is 15.1 Å². The quantitative estimate of drug-likeness (QED) is 0.882. The van der Waals surface area contributed by atoms with Crippen molar-refractivity contribution >= 4 is 22.7 Å². The van der Waals surface area contributed by atoms with Crippen molar-refractivity contribution in [2.24, 2.45) is 5.41 Å². The van der Waals surface area contributed by atoms with Gasteiger partial charge in [0.1, 0.15) is 5.82 Å². The van der Waals surface area contributed by atoms with Gasteiger partial charge in [0.25, 0.3) is 0 Å². The molecule has 1 aliphatic rings. The predicted molar refractivity (Wildman–Crippen MR) is 102 cm³/mol. The van der Waals surface area contributed by atoms with E-state index in [1.807, 2.05) is 6.07 Å². The van der Waals surface area contributed by atoms with E-state index >= 15 is 0 Å². The second kappa shape index (κ2) is 6.93. The number of rotatable bonds is 6. The Hall–Kier alpha value is -1.88. The van der Waals surface area contributed by atoms with Crippen LogP contribution in [0.25, 0.3) is 10.9 Å². The summed E-state index contributed by atoms with van der Waals surface area (Å²) in [6.07, 6.45) is 2.49. The van der Waals surface area contributed by atoms with Gasteiger partial charge in [-0.15, -0.1) is 0 Å². The molecular formula is C19H29N5. The van der Waals surface area contributed by atoms with E-state index in [0.29, 0.717) is 0 Å². The van der Waals surface area contributed by atoms with Gasteiger partial charge in [-0.05, 0) is 44.5 Å². The van der Waals surface area contributed by atoms with E-state index in [4.69, 9.17) is 9.97 Å². The fourth-order valence-electron chi connectivity index (χ4n) is 3.54. The van der Waals surface area contributed by atoms with E-state index in [2.05, 4.69) is 61.3 Å². The smallest absolute Gasteiger partial charge is 0.225 e. The first-order valence-electron chi connectivity index (χ1n) is 8.85. The third-order valence-corrected chi connectivity index (χ3v) is 4.46. The Morgan fingerprint density at radius 2 is 1.83 bits per heavy atom. The van der Waals surface area contributed by atoms with E-state index in [1.165, 1.54) is 12.8 Å². The van der Waals surface area contributed by atoms with Gasteiger partial charge in [-0.1, -0.05) is 26.0 Å². The number of hydrogen-bond donors (Lipinski definition) is 1. The molecule has 0 bridgehead atoms. The van der Waals surface area contributed by atoms with Crippen LogP contribution in [-0.4, -0.2) is 55.1 Å². The molecule has 0 spiro atoms. The third kappa shape index (κ3) is 3.96. The number of para-hydroxylation sites is 1. The molecular weight excluding hydrogens is 298 g/mol. The van der Waals surface area contributed by atoms with Gasteiger partial charge in [-0.2, -0.15) is 4.98 Å². The monoisotopic (exact) mass is 327 g/mol. The molecule has 1 aromatic heterocycles. The van der Waals surface area contributed by atoms with Gasteiger partial charge in [-0.3, -0.25) is 0 Å². The minimum atomic E-state index is 0.159. The summed E-state index contributed by atoms with van der Waals surface area (Å²) in [5.41, 5.74) is 1.18. The number of nitrogens with one attached hydrogen (secondary N) is 1. The van der Waals surface area contributed by atoms with Crippen molar-refractivity contribution in [2.75, 3.05) is 50.5 Å². The maximum Gasteiger partial charge on any atom is 0.225 e. The van der Waals surface area contributed by atoms with Crippen molar-refractivity contribution in [3.63, 3.8) is 0 Å². The first-order chi connectivity index (χ1) is 11.4. The Morgan fingerprint density at radius 3 is 2.54 bits per heavy atom. The van der Waals surface area contributed by atoms with Gasteiger partial charge >= 0.3 is 0 Å². The topological polar surface area (TPSA) is 44.3 Å². The molecule has 0 unspecified atom stereocenters. The zero-order valence-electron chi connectivity index (χ0n) is 15.3. The number of anilines is 2. The number of nitrogens with zero attached hydrogens (tertiary/aromatic N) is 4. The Morgan fingerprint density at radius 1 is 1.12 bits per heavy atom. The lowest BCUT2D eigenvalue weighted by Crippen LogP contribution is -2.34. The van der Waals surface area contributed by atoms with Gasteiger partial charge in [0, 0.05) is 31.6 Å². The largest absolute Gasteiger partial charge is 0.356 e. The summed E-state index contributed by atoms with van der Waals surface area (Å²) in [7, 11) is 4.22. The lowest BCUT2D eigenvalue weighted by Gasteiger charge is -2.28.